The number of ether oxygens (including phenoxy) is 2. The number of benzene rings is 1. The van der Waals surface area contributed by atoms with Gasteiger partial charge >= 0.3 is 0 Å². The van der Waals surface area contributed by atoms with Gasteiger partial charge in [0.25, 0.3) is 5.19 Å². The molecule has 3 nitrogen and oxygen atoms in total. The van der Waals surface area contributed by atoms with Crippen LogP contribution in [0, 0.1) is 0 Å². The predicted molar refractivity (Wildman–Crippen MR) is 78.9 cm³/mol. The standard InChI is InChI=1S/C14H16ClNO2S/c1-14(2,3)10-7-9(17-4)5-6-11(10)18-13-16-12(15)8-19-13/h5-8H,1-4H3. The van der Waals surface area contributed by atoms with Crippen LogP contribution < -0.4 is 9.47 Å². The molecule has 0 N–H and O–H groups in total. The third kappa shape index (κ3) is 3.39. The van der Waals surface area contributed by atoms with Gasteiger partial charge in [-0.2, -0.15) is 4.98 Å². The summed E-state index contributed by atoms with van der Waals surface area (Å²) in [6.07, 6.45) is 0. The minimum absolute atomic E-state index is 0.0507. The quantitative estimate of drug-likeness (QED) is 0.808. The molecule has 1 aromatic heterocycles. The number of thiazole rings is 1. The number of nitrogens with zero attached hydrogens (tertiary/aromatic N) is 1. The molecule has 0 spiro atoms. The van der Waals surface area contributed by atoms with Crippen molar-refractivity contribution in [2.75, 3.05) is 7.11 Å². The van der Waals surface area contributed by atoms with Crippen molar-refractivity contribution in [3.8, 4) is 16.7 Å². The predicted octanol–water partition coefficient (Wildman–Crippen LogP) is 4.89. The van der Waals surface area contributed by atoms with Gasteiger partial charge in [0.2, 0.25) is 0 Å². The van der Waals surface area contributed by atoms with Crippen LogP contribution in [0.3, 0.4) is 0 Å². The second-order valence-corrected chi connectivity index (χ2v) is 6.36. The Morgan fingerprint density at radius 1 is 1.26 bits per heavy atom. The highest BCUT2D eigenvalue weighted by Gasteiger charge is 2.21. The summed E-state index contributed by atoms with van der Waals surface area (Å²) in [5, 5.41) is 2.74. The van der Waals surface area contributed by atoms with Crippen molar-refractivity contribution in [1.82, 2.24) is 4.98 Å². The van der Waals surface area contributed by atoms with Gasteiger partial charge in [-0.05, 0) is 23.6 Å². The fourth-order valence-corrected chi connectivity index (χ4v) is 2.49. The molecule has 1 heterocycles. The fraction of sp³-hybridized carbons (Fsp3) is 0.357. The number of rotatable bonds is 3. The van der Waals surface area contributed by atoms with Crippen molar-refractivity contribution in [3.05, 3.63) is 34.3 Å². The Morgan fingerprint density at radius 2 is 2.00 bits per heavy atom. The van der Waals surface area contributed by atoms with Crippen LogP contribution in [0.1, 0.15) is 26.3 Å². The maximum absolute atomic E-state index is 5.82. The molecule has 102 valence electrons. The van der Waals surface area contributed by atoms with Crippen LogP contribution in [0.25, 0.3) is 0 Å². The highest BCUT2D eigenvalue weighted by molar-refractivity contribution is 7.11. The normalized spacial score (nSPS) is 11.4. The summed E-state index contributed by atoms with van der Waals surface area (Å²) in [4.78, 5) is 4.10. The van der Waals surface area contributed by atoms with Gasteiger partial charge in [0.1, 0.15) is 16.7 Å². The molecule has 2 rings (SSSR count). The smallest absolute Gasteiger partial charge is 0.280 e. The van der Waals surface area contributed by atoms with E-state index in [1.54, 1.807) is 12.5 Å². The van der Waals surface area contributed by atoms with Gasteiger partial charge in [-0.1, -0.05) is 43.7 Å². The zero-order chi connectivity index (χ0) is 14.0. The van der Waals surface area contributed by atoms with Crippen LogP contribution in [0.4, 0.5) is 0 Å². The van der Waals surface area contributed by atoms with Crippen molar-refractivity contribution in [2.24, 2.45) is 0 Å². The summed E-state index contributed by atoms with van der Waals surface area (Å²) in [5.74, 6) is 1.59. The van der Waals surface area contributed by atoms with E-state index in [-0.39, 0.29) is 5.41 Å². The number of methoxy groups -OCH3 is 1. The molecule has 2 aromatic rings. The summed E-state index contributed by atoms with van der Waals surface area (Å²) < 4.78 is 11.1. The van der Waals surface area contributed by atoms with Gasteiger partial charge in [-0.15, -0.1) is 0 Å². The van der Waals surface area contributed by atoms with Crippen LogP contribution in [0.2, 0.25) is 5.15 Å². The molecular formula is C14H16ClNO2S. The maximum atomic E-state index is 5.82. The molecule has 0 amide bonds. The van der Waals surface area contributed by atoms with Crippen molar-refractivity contribution in [2.45, 2.75) is 26.2 Å². The molecule has 0 aliphatic heterocycles. The number of halogens is 1. The fourth-order valence-electron chi connectivity index (χ4n) is 1.69. The van der Waals surface area contributed by atoms with Crippen LogP contribution in [-0.4, -0.2) is 12.1 Å². The lowest BCUT2D eigenvalue weighted by Gasteiger charge is -2.22. The van der Waals surface area contributed by atoms with E-state index < -0.39 is 0 Å². The Balaban J connectivity index is 2.39. The van der Waals surface area contributed by atoms with Crippen LogP contribution >= 0.6 is 22.9 Å². The molecule has 0 radical (unpaired) electrons. The molecular weight excluding hydrogens is 282 g/mol. The average Bonchev–Trinajstić information content (AvgIpc) is 2.74. The lowest BCUT2D eigenvalue weighted by Crippen LogP contribution is -2.12. The maximum Gasteiger partial charge on any atom is 0.280 e. The summed E-state index contributed by atoms with van der Waals surface area (Å²) >= 11 is 7.18. The molecule has 0 fully saturated rings. The highest BCUT2D eigenvalue weighted by Crippen LogP contribution is 2.37. The lowest BCUT2D eigenvalue weighted by atomic mass is 9.86. The van der Waals surface area contributed by atoms with Crippen molar-refractivity contribution in [1.29, 1.82) is 0 Å². The topological polar surface area (TPSA) is 31.4 Å². The average molecular weight is 298 g/mol. The van der Waals surface area contributed by atoms with Gasteiger partial charge in [-0.25, -0.2) is 0 Å². The van der Waals surface area contributed by atoms with Gasteiger partial charge in [0.15, 0.2) is 0 Å². The SMILES string of the molecule is COc1ccc(Oc2nc(Cl)cs2)c(C(C)(C)C)c1. The first-order chi connectivity index (χ1) is 8.90. The molecule has 1 aromatic carbocycles. The Hall–Kier alpha value is -1.26. The molecule has 5 heteroatoms. The summed E-state index contributed by atoms with van der Waals surface area (Å²) in [7, 11) is 1.66. The number of hydrogen-bond donors (Lipinski definition) is 0. The zero-order valence-corrected chi connectivity index (χ0v) is 12.9. The molecule has 0 aliphatic rings. The molecule has 0 saturated heterocycles. The highest BCUT2D eigenvalue weighted by atomic mass is 35.5. The van der Waals surface area contributed by atoms with Crippen molar-refractivity contribution < 1.29 is 9.47 Å². The molecule has 0 bridgehead atoms. The number of aromatic nitrogens is 1. The zero-order valence-electron chi connectivity index (χ0n) is 11.4. The summed E-state index contributed by atoms with van der Waals surface area (Å²) in [5.41, 5.74) is 1.02. The molecule has 0 aliphatic carbocycles. The second-order valence-electron chi connectivity index (χ2n) is 5.15. The first-order valence-corrected chi connectivity index (χ1v) is 7.13. The van der Waals surface area contributed by atoms with E-state index in [0.29, 0.717) is 10.3 Å². The molecule has 0 unspecified atom stereocenters. The van der Waals surface area contributed by atoms with Crippen molar-refractivity contribution >= 4 is 22.9 Å². The van der Waals surface area contributed by atoms with E-state index in [1.807, 2.05) is 18.2 Å². The summed E-state index contributed by atoms with van der Waals surface area (Å²) in [6, 6.07) is 5.76. The van der Waals surface area contributed by atoms with Gasteiger partial charge < -0.3 is 9.47 Å². The van der Waals surface area contributed by atoms with Crippen molar-refractivity contribution in [3.63, 3.8) is 0 Å². The third-order valence-corrected chi connectivity index (χ3v) is 3.69. The minimum Gasteiger partial charge on any atom is -0.497 e. The first kappa shape index (κ1) is 14.2. The molecule has 0 saturated carbocycles. The Morgan fingerprint density at radius 3 is 2.53 bits per heavy atom. The minimum atomic E-state index is -0.0507. The lowest BCUT2D eigenvalue weighted by molar-refractivity contribution is 0.407. The molecule has 19 heavy (non-hydrogen) atoms. The number of hydrogen-bond acceptors (Lipinski definition) is 4. The monoisotopic (exact) mass is 297 g/mol. The third-order valence-electron chi connectivity index (χ3n) is 2.65. The van der Waals surface area contributed by atoms with E-state index in [4.69, 9.17) is 21.1 Å². The van der Waals surface area contributed by atoms with Crippen LogP contribution in [-0.2, 0) is 5.41 Å². The van der Waals surface area contributed by atoms with Crippen LogP contribution in [0.15, 0.2) is 23.6 Å². The van der Waals surface area contributed by atoms with Gasteiger partial charge in [0, 0.05) is 10.9 Å². The second kappa shape index (κ2) is 5.39. The van der Waals surface area contributed by atoms with Gasteiger partial charge in [-0.3, -0.25) is 0 Å². The largest absolute Gasteiger partial charge is 0.497 e. The molecule has 0 atom stereocenters. The van der Waals surface area contributed by atoms with E-state index in [0.717, 1.165) is 17.1 Å². The van der Waals surface area contributed by atoms with Crippen LogP contribution in [0.5, 0.6) is 16.7 Å². The van der Waals surface area contributed by atoms with E-state index >= 15 is 0 Å². The Bertz CT molecular complexity index is 575. The van der Waals surface area contributed by atoms with Gasteiger partial charge in [0.05, 0.1) is 7.11 Å². The van der Waals surface area contributed by atoms with E-state index in [1.165, 1.54) is 11.3 Å². The Labute approximate surface area is 122 Å². The summed E-state index contributed by atoms with van der Waals surface area (Å²) in [6.45, 7) is 6.39. The first-order valence-electron chi connectivity index (χ1n) is 5.87. The Kier molecular flexibility index (Phi) is 4.02. The van der Waals surface area contributed by atoms with E-state index in [2.05, 4.69) is 25.8 Å². The van der Waals surface area contributed by atoms with E-state index in [9.17, 15) is 0 Å².